The summed E-state index contributed by atoms with van der Waals surface area (Å²) in [5, 5.41) is 13.9. The van der Waals surface area contributed by atoms with E-state index < -0.39 is 19.1 Å². The summed E-state index contributed by atoms with van der Waals surface area (Å²) in [7, 11) is 1.71. The predicted molar refractivity (Wildman–Crippen MR) is 64.1 cm³/mol. The summed E-state index contributed by atoms with van der Waals surface area (Å²) in [6.45, 7) is -1.83. The molecule has 0 unspecified atom stereocenters. The Morgan fingerprint density at radius 2 is 2.06 bits per heavy atom. The zero-order valence-electron chi connectivity index (χ0n) is 10.1. The van der Waals surface area contributed by atoms with Gasteiger partial charge in [0.25, 0.3) is 5.92 Å². The molecule has 7 heteroatoms. The monoisotopic (exact) mass is 258 g/mol. The molecule has 18 heavy (non-hydrogen) atoms. The number of anilines is 2. The van der Waals surface area contributed by atoms with E-state index in [1.807, 2.05) is 0 Å². The summed E-state index contributed by atoms with van der Waals surface area (Å²) < 4.78 is 25.8. The number of aliphatic hydroxyl groups excluding tert-OH is 1. The largest absolute Gasteiger partial charge is 0.390 e. The molecule has 0 saturated heterocycles. The Kier molecular flexibility index (Phi) is 3.60. The van der Waals surface area contributed by atoms with E-state index in [4.69, 9.17) is 5.11 Å². The summed E-state index contributed by atoms with van der Waals surface area (Å²) >= 11 is 0. The minimum atomic E-state index is -3.15. The predicted octanol–water partition coefficient (Wildman–Crippen LogP) is 1.44. The Bertz CT molecular complexity index is 424. The van der Waals surface area contributed by atoms with Crippen LogP contribution >= 0.6 is 0 Å². The molecule has 3 N–H and O–H groups in total. The number of rotatable bonds is 6. The molecule has 0 bridgehead atoms. The van der Waals surface area contributed by atoms with Crippen molar-refractivity contribution in [3.8, 4) is 0 Å². The zero-order valence-corrected chi connectivity index (χ0v) is 10.1. The number of aromatic nitrogens is 2. The SMILES string of the molecule is CNc1cc(NCC(F)(F)CO)nc(C2CC2)n1. The second-order valence-electron chi connectivity index (χ2n) is 4.39. The number of hydrogen-bond donors (Lipinski definition) is 3. The van der Waals surface area contributed by atoms with Crippen molar-refractivity contribution in [2.45, 2.75) is 24.7 Å². The van der Waals surface area contributed by atoms with E-state index in [1.165, 1.54) is 0 Å². The van der Waals surface area contributed by atoms with Gasteiger partial charge >= 0.3 is 0 Å². The van der Waals surface area contributed by atoms with Gasteiger partial charge in [-0.3, -0.25) is 0 Å². The highest BCUT2D eigenvalue weighted by atomic mass is 19.3. The molecule has 2 rings (SSSR count). The number of aliphatic hydroxyl groups is 1. The molecule has 1 aliphatic rings. The van der Waals surface area contributed by atoms with Gasteiger partial charge in [0.2, 0.25) is 0 Å². The normalized spacial score (nSPS) is 15.6. The van der Waals surface area contributed by atoms with Gasteiger partial charge in [0, 0.05) is 19.0 Å². The Labute approximate surface area is 104 Å². The fraction of sp³-hybridized carbons (Fsp3) is 0.636. The molecule has 5 nitrogen and oxygen atoms in total. The summed E-state index contributed by atoms with van der Waals surface area (Å²) in [5.74, 6) is -1.18. The van der Waals surface area contributed by atoms with Gasteiger partial charge in [-0.2, -0.15) is 0 Å². The number of halogens is 2. The van der Waals surface area contributed by atoms with E-state index in [-0.39, 0.29) is 0 Å². The van der Waals surface area contributed by atoms with Crippen molar-refractivity contribution in [3.63, 3.8) is 0 Å². The van der Waals surface area contributed by atoms with Gasteiger partial charge in [0.1, 0.15) is 24.1 Å². The maximum atomic E-state index is 12.9. The lowest BCUT2D eigenvalue weighted by molar-refractivity contribution is -0.0373. The van der Waals surface area contributed by atoms with Crippen LogP contribution in [0.25, 0.3) is 0 Å². The lowest BCUT2D eigenvalue weighted by Crippen LogP contribution is -2.31. The molecule has 1 aromatic rings. The van der Waals surface area contributed by atoms with E-state index in [2.05, 4.69) is 20.6 Å². The molecule has 1 heterocycles. The van der Waals surface area contributed by atoms with Crippen molar-refractivity contribution in [1.82, 2.24) is 9.97 Å². The van der Waals surface area contributed by atoms with Crippen molar-refractivity contribution in [1.29, 1.82) is 0 Å². The van der Waals surface area contributed by atoms with E-state index in [0.29, 0.717) is 23.4 Å². The van der Waals surface area contributed by atoms with Gasteiger partial charge in [0.05, 0.1) is 6.54 Å². The van der Waals surface area contributed by atoms with Crippen LogP contribution in [0.15, 0.2) is 6.07 Å². The van der Waals surface area contributed by atoms with Crippen LogP contribution in [0.5, 0.6) is 0 Å². The van der Waals surface area contributed by atoms with Gasteiger partial charge < -0.3 is 15.7 Å². The van der Waals surface area contributed by atoms with Crippen LogP contribution in [0.1, 0.15) is 24.6 Å². The van der Waals surface area contributed by atoms with Gasteiger partial charge in [-0.25, -0.2) is 18.7 Å². The Morgan fingerprint density at radius 3 is 2.61 bits per heavy atom. The van der Waals surface area contributed by atoms with Crippen LogP contribution in [0, 0.1) is 0 Å². The van der Waals surface area contributed by atoms with Crippen molar-refractivity contribution in [2.75, 3.05) is 30.8 Å². The third-order valence-electron chi connectivity index (χ3n) is 2.70. The standard InChI is InChI=1S/C11H16F2N4O/c1-14-8-4-9(15-5-11(12,13)6-18)17-10(16-8)7-2-3-7/h4,7,18H,2-3,5-6H2,1H3,(H2,14,15,16,17). The highest BCUT2D eigenvalue weighted by Gasteiger charge is 2.29. The maximum Gasteiger partial charge on any atom is 0.287 e. The van der Waals surface area contributed by atoms with Crippen molar-refractivity contribution >= 4 is 11.6 Å². The van der Waals surface area contributed by atoms with Crippen molar-refractivity contribution in [3.05, 3.63) is 11.9 Å². The average Bonchev–Trinajstić information content (AvgIpc) is 3.20. The number of alkyl halides is 2. The molecular formula is C11H16F2N4O. The van der Waals surface area contributed by atoms with E-state index in [9.17, 15) is 8.78 Å². The van der Waals surface area contributed by atoms with Crippen LogP contribution in [-0.4, -0.2) is 41.2 Å². The molecule has 0 spiro atoms. The van der Waals surface area contributed by atoms with Crippen LogP contribution in [0.3, 0.4) is 0 Å². The third kappa shape index (κ3) is 3.25. The average molecular weight is 258 g/mol. The van der Waals surface area contributed by atoms with Crippen LogP contribution in [0.4, 0.5) is 20.4 Å². The van der Waals surface area contributed by atoms with Gasteiger partial charge in [0.15, 0.2) is 0 Å². The highest BCUT2D eigenvalue weighted by molar-refractivity contribution is 5.48. The smallest absolute Gasteiger partial charge is 0.287 e. The van der Waals surface area contributed by atoms with E-state index in [0.717, 1.165) is 12.8 Å². The summed E-state index contributed by atoms with van der Waals surface area (Å²) in [6.07, 6.45) is 2.08. The molecular weight excluding hydrogens is 242 g/mol. The minimum absolute atomic E-state index is 0.345. The topological polar surface area (TPSA) is 70.1 Å². The van der Waals surface area contributed by atoms with E-state index >= 15 is 0 Å². The van der Waals surface area contributed by atoms with Crippen LogP contribution < -0.4 is 10.6 Å². The number of hydrogen-bond acceptors (Lipinski definition) is 5. The Balaban J connectivity index is 2.09. The first-order valence-electron chi connectivity index (χ1n) is 5.83. The fourth-order valence-corrected chi connectivity index (χ4v) is 1.48. The van der Waals surface area contributed by atoms with Crippen molar-refractivity contribution < 1.29 is 13.9 Å². The first-order chi connectivity index (χ1) is 8.54. The molecule has 0 aliphatic heterocycles. The fourth-order valence-electron chi connectivity index (χ4n) is 1.48. The third-order valence-corrected chi connectivity index (χ3v) is 2.70. The zero-order chi connectivity index (χ0) is 13.2. The maximum absolute atomic E-state index is 12.9. The lowest BCUT2D eigenvalue weighted by Gasteiger charge is -2.15. The van der Waals surface area contributed by atoms with Crippen molar-refractivity contribution in [2.24, 2.45) is 0 Å². The first kappa shape index (κ1) is 12.9. The second-order valence-corrected chi connectivity index (χ2v) is 4.39. The molecule has 1 aliphatic carbocycles. The highest BCUT2D eigenvalue weighted by Crippen LogP contribution is 2.38. The van der Waals surface area contributed by atoms with Crippen LogP contribution in [-0.2, 0) is 0 Å². The second kappa shape index (κ2) is 5.01. The van der Waals surface area contributed by atoms with Gasteiger partial charge in [-0.15, -0.1) is 0 Å². The Morgan fingerprint density at radius 1 is 1.39 bits per heavy atom. The first-order valence-corrected chi connectivity index (χ1v) is 5.83. The molecule has 1 aromatic heterocycles. The van der Waals surface area contributed by atoms with Gasteiger partial charge in [-0.1, -0.05) is 0 Å². The minimum Gasteiger partial charge on any atom is -0.390 e. The summed E-state index contributed by atoms with van der Waals surface area (Å²) in [6, 6.07) is 1.57. The molecule has 1 saturated carbocycles. The molecule has 0 radical (unpaired) electrons. The molecule has 0 atom stereocenters. The number of nitrogens with one attached hydrogen (secondary N) is 2. The lowest BCUT2D eigenvalue weighted by atomic mass is 10.3. The molecule has 0 amide bonds. The molecule has 1 fully saturated rings. The quantitative estimate of drug-likeness (QED) is 0.720. The molecule has 0 aromatic carbocycles. The Hall–Kier alpha value is -1.50. The molecule has 100 valence electrons. The summed E-state index contributed by atoms with van der Waals surface area (Å²) in [5.41, 5.74) is 0. The van der Waals surface area contributed by atoms with Crippen LogP contribution in [0.2, 0.25) is 0 Å². The van der Waals surface area contributed by atoms with E-state index in [1.54, 1.807) is 13.1 Å². The summed E-state index contributed by atoms with van der Waals surface area (Å²) in [4.78, 5) is 8.48. The van der Waals surface area contributed by atoms with Gasteiger partial charge in [-0.05, 0) is 12.8 Å². The number of nitrogens with zero attached hydrogens (tertiary/aromatic N) is 2.